The van der Waals surface area contributed by atoms with Gasteiger partial charge in [0.1, 0.15) is 15.7 Å². The molecule has 0 bridgehead atoms. The molecule has 3 rings (SSSR count). The van der Waals surface area contributed by atoms with Crippen molar-refractivity contribution >= 4 is 23.1 Å². The lowest BCUT2D eigenvalue weighted by molar-refractivity contribution is 0.102. The number of rotatable bonds is 3. The fourth-order valence-electron chi connectivity index (χ4n) is 2.59. The number of hydrogen-bond donors (Lipinski definition) is 1. The van der Waals surface area contributed by atoms with Gasteiger partial charge in [0.15, 0.2) is 0 Å². The molecule has 1 N–H and O–H groups in total. The van der Waals surface area contributed by atoms with E-state index in [1.54, 1.807) is 26.2 Å². The first-order valence-corrected chi connectivity index (χ1v) is 8.86. The SMILES string of the molecule is Cc1ccnc(NC(=O)c2sc(-c3c(C)c(C)nn(C)c3=O)nc2C)c1. The Labute approximate surface area is 154 Å². The van der Waals surface area contributed by atoms with Gasteiger partial charge in [-0.05, 0) is 51.0 Å². The lowest BCUT2D eigenvalue weighted by Crippen LogP contribution is -2.23. The number of aromatic nitrogens is 4. The van der Waals surface area contributed by atoms with Crippen LogP contribution in [0.5, 0.6) is 0 Å². The van der Waals surface area contributed by atoms with Gasteiger partial charge in [-0.3, -0.25) is 9.59 Å². The van der Waals surface area contributed by atoms with E-state index >= 15 is 0 Å². The second-order valence-corrected chi connectivity index (χ2v) is 7.12. The Bertz CT molecular complexity index is 1070. The molecule has 0 aliphatic rings. The first-order valence-electron chi connectivity index (χ1n) is 8.04. The van der Waals surface area contributed by atoms with Gasteiger partial charge in [-0.15, -0.1) is 11.3 Å². The Hall–Kier alpha value is -2.87. The second kappa shape index (κ2) is 6.80. The standard InChI is InChI=1S/C18H19N5O2S/c1-9-6-7-19-13(8-9)21-16(24)15-12(4)20-17(26-15)14-10(2)11(3)22-23(5)18(14)25/h6-8H,1-5H3,(H,19,21,24). The number of carbonyl (C=O) groups is 1. The Morgan fingerprint density at radius 2 is 1.92 bits per heavy atom. The fourth-order valence-corrected chi connectivity index (χ4v) is 3.65. The summed E-state index contributed by atoms with van der Waals surface area (Å²) >= 11 is 1.20. The van der Waals surface area contributed by atoms with Crippen molar-refractivity contribution in [1.29, 1.82) is 0 Å². The number of carbonyl (C=O) groups excluding carboxylic acids is 1. The van der Waals surface area contributed by atoms with E-state index in [9.17, 15) is 9.59 Å². The van der Waals surface area contributed by atoms with Crippen LogP contribution in [0.15, 0.2) is 23.1 Å². The van der Waals surface area contributed by atoms with Crippen LogP contribution in [-0.4, -0.2) is 25.7 Å². The normalized spacial score (nSPS) is 10.8. The smallest absolute Gasteiger partial charge is 0.277 e. The van der Waals surface area contributed by atoms with Crippen LogP contribution in [0, 0.1) is 27.7 Å². The third kappa shape index (κ3) is 3.28. The quantitative estimate of drug-likeness (QED) is 0.767. The Balaban J connectivity index is 2.00. The minimum absolute atomic E-state index is 0.228. The fraction of sp³-hybridized carbons (Fsp3) is 0.278. The molecule has 3 aromatic rings. The van der Waals surface area contributed by atoms with Crippen molar-refractivity contribution in [2.45, 2.75) is 27.7 Å². The molecule has 0 spiro atoms. The van der Waals surface area contributed by atoms with Crippen molar-refractivity contribution < 1.29 is 4.79 Å². The summed E-state index contributed by atoms with van der Waals surface area (Å²) in [6.07, 6.45) is 1.64. The Morgan fingerprint density at radius 3 is 2.62 bits per heavy atom. The number of thiazole rings is 1. The van der Waals surface area contributed by atoms with Crippen LogP contribution in [0.1, 0.15) is 32.2 Å². The van der Waals surface area contributed by atoms with Crippen molar-refractivity contribution in [3.63, 3.8) is 0 Å². The molecule has 0 fully saturated rings. The van der Waals surface area contributed by atoms with Crippen LogP contribution in [0.4, 0.5) is 5.82 Å². The highest BCUT2D eigenvalue weighted by Crippen LogP contribution is 2.29. The zero-order valence-electron chi connectivity index (χ0n) is 15.2. The van der Waals surface area contributed by atoms with Crippen molar-refractivity contribution in [2.24, 2.45) is 7.05 Å². The van der Waals surface area contributed by atoms with E-state index < -0.39 is 0 Å². The molecule has 3 heterocycles. The summed E-state index contributed by atoms with van der Waals surface area (Å²) in [5, 5.41) is 7.48. The third-order valence-electron chi connectivity index (χ3n) is 4.10. The van der Waals surface area contributed by atoms with Crippen LogP contribution in [0.25, 0.3) is 10.6 Å². The zero-order chi connectivity index (χ0) is 19.0. The molecular weight excluding hydrogens is 350 g/mol. The highest BCUT2D eigenvalue weighted by molar-refractivity contribution is 7.17. The summed E-state index contributed by atoms with van der Waals surface area (Å²) < 4.78 is 1.30. The monoisotopic (exact) mass is 369 g/mol. The molecule has 0 aliphatic heterocycles. The number of hydrogen-bond acceptors (Lipinski definition) is 6. The van der Waals surface area contributed by atoms with Gasteiger partial charge < -0.3 is 5.32 Å². The molecular formula is C18H19N5O2S. The van der Waals surface area contributed by atoms with Gasteiger partial charge in [-0.1, -0.05) is 0 Å². The Morgan fingerprint density at radius 1 is 1.19 bits per heavy atom. The summed E-state index contributed by atoms with van der Waals surface area (Å²) in [4.78, 5) is 34.2. The van der Waals surface area contributed by atoms with Gasteiger partial charge >= 0.3 is 0 Å². The average Bonchev–Trinajstić information content (AvgIpc) is 2.95. The Kier molecular flexibility index (Phi) is 4.69. The summed E-state index contributed by atoms with van der Waals surface area (Å²) in [7, 11) is 1.61. The number of amides is 1. The molecule has 0 saturated carbocycles. The van der Waals surface area contributed by atoms with E-state index in [0.717, 1.165) is 16.8 Å². The number of anilines is 1. The first-order chi connectivity index (χ1) is 12.3. The second-order valence-electron chi connectivity index (χ2n) is 6.12. The maximum atomic E-state index is 12.6. The highest BCUT2D eigenvalue weighted by Gasteiger charge is 2.21. The summed E-state index contributed by atoms with van der Waals surface area (Å²) in [6, 6.07) is 3.65. The maximum Gasteiger partial charge on any atom is 0.277 e. The first kappa shape index (κ1) is 17.9. The maximum absolute atomic E-state index is 12.6. The lowest BCUT2D eigenvalue weighted by atomic mass is 10.1. The van der Waals surface area contributed by atoms with Crippen LogP contribution in [-0.2, 0) is 7.05 Å². The molecule has 8 heteroatoms. The molecule has 3 aromatic heterocycles. The summed E-state index contributed by atoms with van der Waals surface area (Å²) in [6.45, 7) is 7.37. The van der Waals surface area contributed by atoms with Gasteiger partial charge in [0.05, 0.1) is 17.0 Å². The minimum atomic E-state index is -0.287. The molecule has 7 nitrogen and oxygen atoms in total. The van der Waals surface area contributed by atoms with E-state index in [4.69, 9.17) is 0 Å². The molecule has 0 atom stereocenters. The summed E-state index contributed by atoms with van der Waals surface area (Å²) in [5.74, 6) is 0.195. The van der Waals surface area contributed by atoms with Crippen molar-refractivity contribution in [2.75, 3.05) is 5.32 Å². The number of nitrogens with zero attached hydrogens (tertiary/aromatic N) is 4. The third-order valence-corrected chi connectivity index (χ3v) is 5.27. The summed E-state index contributed by atoms with van der Waals surface area (Å²) in [5.41, 5.74) is 3.36. The van der Waals surface area contributed by atoms with Gasteiger partial charge in [0.2, 0.25) is 0 Å². The molecule has 134 valence electrons. The van der Waals surface area contributed by atoms with Crippen LogP contribution < -0.4 is 10.9 Å². The molecule has 0 radical (unpaired) electrons. The van der Waals surface area contributed by atoms with Crippen LogP contribution in [0.2, 0.25) is 0 Å². The van der Waals surface area contributed by atoms with Gasteiger partial charge in [0.25, 0.3) is 11.5 Å². The number of nitrogens with one attached hydrogen (secondary N) is 1. The van der Waals surface area contributed by atoms with Crippen LogP contribution in [0.3, 0.4) is 0 Å². The predicted octanol–water partition coefficient (Wildman–Crippen LogP) is 2.78. The zero-order valence-corrected chi connectivity index (χ0v) is 16.1. The van der Waals surface area contributed by atoms with Crippen LogP contribution >= 0.6 is 11.3 Å². The van der Waals surface area contributed by atoms with E-state index in [2.05, 4.69) is 20.4 Å². The van der Waals surface area contributed by atoms with Gasteiger partial charge in [-0.2, -0.15) is 5.10 Å². The van der Waals surface area contributed by atoms with Gasteiger partial charge in [0, 0.05) is 13.2 Å². The predicted molar refractivity (Wildman–Crippen MR) is 102 cm³/mol. The minimum Gasteiger partial charge on any atom is -0.306 e. The molecule has 0 aromatic carbocycles. The average molecular weight is 369 g/mol. The lowest BCUT2D eigenvalue weighted by Gasteiger charge is -2.07. The van der Waals surface area contributed by atoms with E-state index in [1.807, 2.05) is 26.8 Å². The van der Waals surface area contributed by atoms with E-state index in [0.29, 0.717) is 27.0 Å². The molecule has 0 unspecified atom stereocenters. The molecule has 0 aliphatic carbocycles. The van der Waals surface area contributed by atoms with E-state index in [1.165, 1.54) is 16.0 Å². The number of pyridine rings is 1. The van der Waals surface area contributed by atoms with Crippen molar-refractivity contribution in [3.8, 4) is 10.6 Å². The molecule has 0 saturated heterocycles. The molecule has 1 amide bonds. The highest BCUT2D eigenvalue weighted by atomic mass is 32.1. The molecule has 26 heavy (non-hydrogen) atoms. The van der Waals surface area contributed by atoms with Gasteiger partial charge in [-0.25, -0.2) is 14.6 Å². The van der Waals surface area contributed by atoms with Crippen molar-refractivity contribution in [1.82, 2.24) is 19.7 Å². The van der Waals surface area contributed by atoms with Crippen molar-refractivity contribution in [3.05, 3.63) is 56.1 Å². The van der Waals surface area contributed by atoms with E-state index in [-0.39, 0.29) is 11.5 Å². The largest absolute Gasteiger partial charge is 0.306 e. The number of aryl methyl sites for hydroxylation is 4. The topological polar surface area (TPSA) is 89.8 Å².